The van der Waals surface area contributed by atoms with Gasteiger partial charge in [0, 0.05) is 0 Å². The van der Waals surface area contributed by atoms with Crippen molar-refractivity contribution in [3.8, 4) is 0 Å². The molecule has 0 aliphatic carbocycles. The summed E-state index contributed by atoms with van der Waals surface area (Å²) in [6.45, 7) is 0. The minimum atomic E-state index is -5.12. The summed E-state index contributed by atoms with van der Waals surface area (Å²) in [5.41, 5.74) is 0. The maximum absolute atomic E-state index is 8.94. The molecule has 5 nitrogen and oxygen atoms in total. The van der Waals surface area contributed by atoms with Crippen molar-refractivity contribution >= 4 is 40.3 Å². The summed E-state index contributed by atoms with van der Waals surface area (Å²) < 4.78 is 39.1. The molecule has 0 amide bonds. The van der Waals surface area contributed by atoms with E-state index in [9.17, 15) is 0 Å². The van der Waals surface area contributed by atoms with Crippen LogP contribution in [0.5, 0.6) is 0 Å². The van der Waals surface area contributed by atoms with Crippen molar-refractivity contribution < 1.29 is 18.7 Å². The zero-order valence-electron chi connectivity index (χ0n) is 3.11. The molecule has 0 heterocycles. The predicted octanol–water partition coefficient (Wildman–Crippen LogP) is -2.67. The van der Waals surface area contributed by atoms with Crippen LogP contribution in [0.4, 0.5) is 0 Å². The van der Waals surface area contributed by atoms with E-state index in [1.807, 2.05) is 0 Å². The maximum atomic E-state index is 8.94. The van der Waals surface area contributed by atoms with Gasteiger partial charge in [-0.15, -0.1) is 0 Å². The Bertz CT molecular complexity index is 63.9. The normalized spacial score (nSPS) is 9.00. The van der Waals surface area contributed by atoms with Crippen LogP contribution in [-0.4, -0.2) is 52.6 Å². The molecule has 0 unspecified atom stereocenters. The van der Waals surface area contributed by atoms with E-state index in [-0.39, 0.29) is 25.8 Å². The van der Waals surface area contributed by atoms with Crippen LogP contribution in [0.2, 0.25) is 0 Å². The molecular formula is H3AsO5Pb. The molecule has 7 heteroatoms. The van der Waals surface area contributed by atoms with Gasteiger partial charge in [0.2, 0.25) is 0 Å². The van der Waals surface area contributed by atoms with Crippen molar-refractivity contribution in [3.05, 3.63) is 0 Å². The van der Waals surface area contributed by atoms with Gasteiger partial charge in [-0.1, -0.05) is 0 Å². The molecule has 0 aromatic rings. The molecule has 3 N–H and O–H groups in total. The van der Waals surface area contributed by atoms with Crippen LogP contribution in [0.3, 0.4) is 0 Å². The van der Waals surface area contributed by atoms with E-state index in [1.165, 1.54) is 0 Å². The van der Waals surface area contributed by atoms with Gasteiger partial charge in [0.1, 0.15) is 0 Å². The van der Waals surface area contributed by atoms with Crippen LogP contribution < -0.4 is 0 Å². The van der Waals surface area contributed by atoms with Gasteiger partial charge in [-0.2, -0.15) is 0 Å². The Kier molecular flexibility index (Phi) is 7.92. The Morgan fingerprint density at radius 3 is 1.14 bits per heavy atom. The summed E-state index contributed by atoms with van der Waals surface area (Å²) >= 11 is -5.07. The summed E-state index contributed by atoms with van der Waals surface area (Å²) in [5.74, 6) is 0. The third-order valence-electron chi connectivity index (χ3n) is 0. The molecule has 0 aliphatic rings. The first-order valence-corrected chi connectivity index (χ1v) is 5.86. The van der Waals surface area contributed by atoms with Crippen LogP contribution >= 0.6 is 0 Å². The summed E-state index contributed by atoms with van der Waals surface area (Å²) in [4.78, 5) is 0. The Hall–Kier alpha value is 0.961. The molecule has 2 radical (unpaired) electrons. The summed E-state index contributed by atoms with van der Waals surface area (Å²) in [6, 6.07) is 0. The van der Waals surface area contributed by atoms with E-state index in [0.29, 0.717) is 0 Å². The van der Waals surface area contributed by atoms with Gasteiger partial charge in [-0.05, 0) is 0 Å². The Labute approximate surface area is 58.9 Å². The molecule has 0 aliphatic heterocycles. The second-order valence-corrected chi connectivity index (χ2v) is 2.67. The van der Waals surface area contributed by atoms with E-state index in [1.54, 1.807) is 0 Å². The van der Waals surface area contributed by atoms with Crippen molar-refractivity contribution in [2.24, 2.45) is 0 Å². The Morgan fingerprint density at radius 2 is 1.14 bits per heavy atom. The van der Waals surface area contributed by atoms with Gasteiger partial charge in [-0.25, -0.2) is 0 Å². The van der Waals surface area contributed by atoms with E-state index < -0.39 is 14.5 Å². The van der Waals surface area contributed by atoms with Crippen LogP contribution in [0.15, 0.2) is 0 Å². The molecule has 7 heavy (non-hydrogen) atoms. The average molecular weight is 365 g/mol. The standard InChI is InChI=1S/AsH3O4.O.Pb/c2-1(3,4)5;;/h(H3,2,3,4,5);;. The van der Waals surface area contributed by atoms with Crippen molar-refractivity contribution in [1.29, 1.82) is 0 Å². The molecule has 0 saturated carbocycles. The van der Waals surface area contributed by atoms with Crippen molar-refractivity contribution in [3.63, 3.8) is 0 Å². The molecule has 0 aromatic carbocycles. The third-order valence-corrected chi connectivity index (χ3v) is 0. The van der Waals surface area contributed by atoms with Gasteiger partial charge in [-0.3, -0.25) is 0 Å². The second kappa shape index (κ2) is 5.10. The average Bonchev–Trinajstić information content (AvgIpc) is 1.36. The molecule has 42 valence electrons. The van der Waals surface area contributed by atoms with Gasteiger partial charge >= 0.3 is 59.0 Å². The predicted molar refractivity (Wildman–Crippen MR) is 19.5 cm³/mol. The van der Waals surface area contributed by atoms with Crippen LogP contribution in [-0.2, 0) is 6.43 Å². The summed E-state index contributed by atoms with van der Waals surface area (Å²) in [7, 11) is 0. The fourth-order valence-corrected chi connectivity index (χ4v) is 0. The third kappa shape index (κ3) is 186. The van der Waals surface area contributed by atoms with Crippen molar-refractivity contribution in [1.82, 2.24) is 0 Å². The zero-order valence-corrected chi connectivity index (χ0v) is 8.87. The fourth-order valence-electron chi connectivity index (χ4n) is 0. The van der Waals surface area contributed by atoms with E-state index in [4.69, 9.17) is 18.7 Å². The molecular weight excluding hydrogens is 362 g/mol. The number of rotatable bonds is 0. The van der Waals surface area contributed by atoms with Crippen LogP contribution in [0, 0.1) is 0 Å². The van der Waals surface area contributed by atoms with E-state index in [2.05, 4.69) is 0 Å². The summed E-state index contributed by atoms with van der Waals surface area (Å²) in [5, 5.41) is 0. The number of hydrogen-bond donors (Lipinski definition) is 3. The SMILES string of the molecule is O=[As](O)(O)O.[O]=[Pb]. The fraction of sp³-hybridized carbons (Fsp3) is 0. The monoisotopic (exact) mass is 366 g/mol. The topological polar surface area (TPSA) is 94.8 Å². The molecule has 0 aromatic heterocycles. The minimum absolute atomic E-state index is 0.0556. The Morgan fingerprint density at radius 1 is 1.14 bits per heavy atom. The quantitative estimate of drug-likeness (QED) is 0.407. The molecule has 0 spiro atoms. The first-order valence-electron chi connectivity index (χ1n) is 0.987. The number of hydrogen-bond acceptors (Lipinski definition) is 2. The van der Waals surface area contributed by atoms with Gasteiger partial charge in [0.05, 0.1) is 0 Å². The van der Waals surface area contributed by atoms with Crippen molar-refractivity contribution in [2.75, 3.05) is 0 Å². The van der Waals surface area contributed by atoms with Gasteiger partial charge in [0.15, 0.2) is 0 Å². The van der Waals surface area contributed by atoms with Crippen LogP contribution in [0.25, 0.3) is 0 Å². The van der Waals surface area contributed by atoms with Gasteiger partial charge in [0.25, 0.3) is 0 Å². The molecule has 0 atom stereocenters. The second-order valence-electron chi connectivity index (χ2n) is 0.513. The Balaban J connectivity index is 0. The molecule has 0 fully saturated rings. The molecule has 0 saturated heterocycles. The first kappa shape index (κ1) is 10.9. The van der Waals surface area contributed by atoms with E-state index >= 15 is 0 Å². The van der Waals surface area contributed by atoms with E-state index in [0.717, 1.165) is 0 Å². The zero-order chi connectivity index (χ0) is 6.50. The summed E-state index contributed by atoms with van der Waals surface area (Å²) in [6.07, 6.45) is 0. The van der Waals surface area contributed by atoms with Gasteiger partial charge < -0.3 is 0 Å². The molecule has 0 bridgehead atoms. The van der Waals surface area contributed by atoms with Crippen LogP contribution in [0.1, 0.15) is 0 Å². The first-order chi connectivity index (χ1) is 3.00. The molecule has 0 rings (SSSR count). The van der Waals surface area contributed by atoms with Crippen molar-refractivity contribution in [2.45, 2.75) is 0 Å².